The molecule has 11 heavy (non-hydrogen) atoms. The van der Waals surface area contributed by atoms with Crippen LogP contribution in [-0.2, 0) is 4.74 Å². The Kier molecular flexibility index (Phi) is 2.94. The molecule has 0 amide bonds. The molecule has 0 saturated heterocycles. The van der Waals surface area contributed by atoms with Gasteiger partial charge in [-0.1, -0.05) is 13.3 Å². The van der Waals surface area contributed by atoms with Crippen molar-refractivity contribution in [2.24, 2.45) is 11.3 Å². The molecule has 1 aliphatic rings. The molecule has 1 fully saturated rings. The Morgan fingerprint density at radius 3 is 2.55 bits per heavy atom. The van der Waals surface area contributed by atoms with Crippen LogP contribution in [0.3, 0.4) is 0 Å². The van der Waals surface area contributed by atoms with Crippen molar-refractivity contribution in [3.63, 3.8) is 0 Å². The van der Waals surface area contributed by atoms with Crippen molar-refractivity contribution in [1.82, 2.24) is 0 Å². The van der Waals surface area contributed by atoms with Crippen molar-refractivity contribution in [3.8, 4) is 0 Å². The Labute approximate surface area is 70.1 Å². The van der Waals surface area contributed by atoms with Crippen LogP contribution in [0.15, 0.2) is 0 Å². The number of hydrogen-bond acceptors (Lipinski definition) is 1. The van der Waals surface area contributed by atoms with E-state index in [1.54, 1.807) is 7.11 Å². The summed E-state index contributed by atoms with van der Waals surface area (Å²) in [5.41, 5.74) is 0.329. The molecule has 1 aliphatic carbocycles. The maximum absolute atomic E-state index is 5.08. The predicted octanol–water partition coefficient (Wildman–Crippen LogP) is 2.66. The average molecular weight is 155 g/mol. The average Bonchev–Trinajstić information content (AvgIpc) is 2.82. The largest absolute Gasteiger partial charge is 0.385 e. The molecule has 1 atom stereocenters. The minimum absolute atomic E-state index is 0.329. The topological polar surface area (TPSA) is 9.23 Å². The van der Waals surface area contributed by atoms with E-state index in [1.165, 1.54) is 19.3 Å². The molecule has 0 aromatic heterocycles. The normalized spacial score (nSPS) is 23.2. The van der Waals surface area contributed by atoms with E-state index in [0.717, 1.165) is 18.9 Å². The van der Waals surface area contributed by atoms with E-state index in [4.69, 9.17) is 4.74 Å². The molecule has 0 N–H and O–H groups in total. The third-order valence-corrected chi connectivity index (χ3v) is 2.95. The first kappa shape index (κ1) is 9.05. The van der Waals surface area contributed by atoms with Crippen LogP contribution in [0.1, 0.15) is 32.6 Å². The van der Waals surface area contributed by atoms with E-state index >= 15 is 0 Å². The monoisotopic (exact) mass is 155 g/mol. The van der Waals surface area contributed by atoms with Crippen molar-refractivity contribution in [1.29, 1.82) is 0 Å². The summed E-state index contributed by atoms with van der Waals surface area (Å²) in [6, 6.07) is 0. The minimum atomic E-state index is 0.329. The van der Waals surface area contributed by atoms with E-state index in [9.17, 15) is 0 Å². The van der Waals surface area contributed by atoms with E-state index in [-0.39, 0.29) is 0 Å². The van der Waals surface area contributed by atoms with Crippen LogP contribution in [0.5, 0.6) is 0 Å². The molecule has 0 spiro atoms. The van der Waals surface area contributed by atoms with Crippen LogP contribution in [-0.4, -0.2) is 13.7 Å². The van der Waals surface area contributed by atoms with Gasteiger partial charge in [-0.25, -0.2) is 0 Å². The Morgan fingerprint density at radius 2 is 2.18 bits per heavy atom. The summed E-state index contributed by atoms with van der Waals surface area (Å²) in [6.07, 6.45) is 5.10. The third-order valence-electron chi connectivity index (χ3n) is 2.95. The number of ether oxygens (including phenoxy) is 1. The molecule has 0 aromatic rings. The van der Waals surface area contributed by atoms with Gasteiger partial charge in [0.05, 0.1) is 0 Å². The molecule has 0 heterocycles. The first-order chi connectivity index (χ1) is 5.23. The second-order valence-corrected chi connectivity index (χ2v) is 3.73. The Morgan fingerprint density at radius 1 is 1.55 bits per heavy atom. The van der Waals surface area contributed by atoms with Gasteiger partial charge in [-0.3, -0.25) is 0 Å². The van der Waals surface area contributed by atoms with Crippen molar-refractivity contribution >= 4 is 0 Å². The van der Waals surface area contributed by atoms with E-state index in [2.05, 4.69) is 13.8 Å². The third kappa shape index (κ3) is 2.19. The lowest BCUT2D eigenvalue weighted by Crippen LogP contribution is -2.20. The lowest BCUT2D eigenvalue weighted by Gasteiger charge is -2.27. The van der Waals surface area contributed by atoms with Crippen LogP contribution < -0.4 is 0 Å². The summed E-state index contributed by atoms with van der Waals surface area (Å²) < 4.78 is 5.08. The summed E-state index contributed by atoms with van der Waals surface area (Å²) in [5.74, 6) is 0.891. The molecule has 1 rings (SSSR count). The quantitative estimate of drug-likeness (QED) is 0.593. The molecule has 1 unspecified atom stereocenters. The smallest absolute Gasteiger partial charge is 0.0467 e. The van der Waals surface area contributed by atoms with E-state index in [0.29, 0.717) is 5.41 Å². The molecule has 1 radical (unpaired) electrons. The minimum Gasteiger partial charge on any atom is -0.385 e. The number of methoxy groups -OCH3 is 1. The van der Waals surface area contributed by atoms with Gasteiger partial charge in [0.2, 0.25) is 0 Å². The molecule has 0 aromatic carbocycles. The highest BCUT2D eigenvalue weighted by atomic mass is 16.5. The lowest BCUT2D eigenvalue weighted by molar-refractivity contribution is 0.142. The van der Waals surface area contributed by atoms with Crippen molar-refractivity contribution in [2.75, 3.05) is 13.7 Å². The summed E-state index contributed by atoms with van der Waals surface area (Å²) in [7, 11) is 1.77. The van der Waals surface area contributed by atoms with Gasteiger partial charge < -0.3 is 4.74 Å². The van der Waals surface area contributed by atoms with Gasteiger partial charge in [-0.05, 0) is 37.5 Å². The highest BCUT2D eigenvalue weighted by Crippen LogP contribution is 2.49. The molecular weight excluding hydrogens is 136 g/mol. The summed E-state index contributed by atoms with van der Waals surface area (Å²) in [6.45, 7) is 7.41. The summed E-state index contributed by atoms with van der Waals surface area (Å²) in [5, 5.41) is 0. The van der Waals surface area contributed by atoms with Crippen molar-refractivity contribution < 1.29 is 4.74 Å². The summed E-state index contributed by atoms with van der Waals surface area (Å²) in [4.78, 5) is 0. The lowest BCUT2D eigenvalue weighted by atomic mass is 9.79. The zero-order chi connectivity index (χ0) is 8.32. The van der Waals surface area contributed by atoms with Gasteiger partial charge in [0.25, 0.3) is 0 Å². The van der Waals surface area contributed by atoms with Crippen LogP contribution in [0.4, 0.5) is 0 Å². The molecule has 0 bridgehead atoms. The van der Waals surface area contributed by atoms with E-state index < -0.39 is 0 Å². The standard InChI is InChI=1S/C10H19O/c1-4-10(2,7-8-11-3)9-5-6-9/h9H,2,4-8H2,1,3H3. The Bertz CT molecular complexity index is 118. The fraction of sp³-hybridized carbons (Fsp3) is 0.900. The molecule has 0 aliphatic heterocycles. The van der Waals surface area contributed by atoms with Gasteiger partial charge in [-0.15, -0.1) is 0 Å². The maximum Gasteiger partial charge on any atom is 0.0467 e. The van der Waals surface area contributed by atoms with Crippen molar-refractivity contribution in [3.05, 3.63) is 6.92 Å². The Hall–Kier alpha value is -0.0400. The van der Waals surface area contributed by atoms with E-state index in [1.807, 2.05) is 0 Å². The van der Waals surface area contributed by atoms with Gasteiger partial charge in [0.1, 0.15) is 0 Å². The number of hydrogen-bond donors (Lipinski definition) is 0. The van der Waals surface area contributed by atoms with Crippen LogP contribution in [0.25, 0.3) is 0 Å². The highest BCUT2D eigenvalue weighted by Gasteiger charge is 2.39. The van der Waals surface area contributed by atoms with Crippen LogP contribution in [0, 0.1) is 18.3 Å². The molecule has 1 nitrogen and oxygen atoms in total. The second-order valence-electron chi connectivity index (χ2n) is 3.73. The van der Waals surface area contributed by atoms with Gasteiger partial charge in [0.15, 0.2) is 0 Å². The molecular formula is C10H19O. The fourth-order valence-corrected chi connectivity index (χ4v) is 1.67. The van der Waals surface area contributed by atoms with Gasteiger partial charge in [-0.2, -0.15) is 0 Å². The maximum atomic E-state index is 5.08. The molecule has 1 heteroatoms. The molecule has 65 valence electrons. The zero-order valence-electron chi connectivity index (χ0n) is 7.73. The zero-order valence-corrected chi connectivity index (χ0v) is 7.73. The number of rotatable bonds is 5. The Balaban J connectivity index is 2.31. The predicted molar refractivity (Wildman–Crippen MR) is 47.3 cm³/mol. The highest BCUT2D eigenvalue weighted by molar-refractivity contribution is 4.94. The summed E-state index contributed by atoms with van der Waals surface area (Å²) >= 11 is 0. The van der Waals surface area contributed by atoms with Crippen LogP contribution in [0.2, 0.25) is 0 Å². The van der Waals surface area contributed by atoms with Crippen LogP contribution >= 0.6 is 0 Å². The van der Waals surface area contributed by atoms with Crippen molar-refractivity contribution in [2.45, 2.75) is 32.6 Å². The first-order valence-corrected chi connectivity index (χ1v) is 4.57. The molecule has 1 saturated carbocycles. The fourth-order valence-electron chi connectivity index (χ4n) is 1.67. The van der Waals surface area contributed by atoms with Gasteiger partial charge >= 0.3 is 0 Å². The first-order valence-electron chi connectivity index (χ1n) is 4.57. The second kappa shape index (κ2) is 3.57. The van der Waals surface area contributed by atoms with Gasteiger partial charge in [0, 0.05) is 13.7 Å². The SMILES string of the molecule is [CH2]C(CC)(CCOC)C1CC1.